The summed E-state index contributed by atoms with van der Waals surface area (Å²) in [5.41, 5.74) is 1.05. The second kappa shape index (κ2) is 6.03. The molecule has 108 valence electrons. The van der Waals surface area contributed by atoms with Gasteiger partial charge in [-0.25, -0.2) is 4.39 Å². The number of rotatable bonds is 3. The molecular weight excluding hydrogens is 259 g/mol. The van der Waals surface area contributed by atoms with Crippen LogP contribution in [0.3, 0.4) is 0 Å². The zero-order valence-electron chi connectivity index (χ0n) is 11.8. The van der Waals surface area contributed by atoms with E-state index in [1.807, 2.05) is 6.92 Å². The second-order valence-corrected chi connectivity index (χ2v) is 5.08. The van der Waals surface area contributed by atoms with Crippen molar-refractivity contribution in [3.8, 4) is 0 Å². The number of carbonyl (C=O) groups is 2. The number of hydrogen-bond acceptors (Lipinski definition) is 2. The fourth-order valence-electron chi connectivity index (χ4n) is 2.33. The second-order valence-electron chi connectivity index (χ2n) is 5.08. The van der Waals surface area contributed by atoms with Crippen LogP contribution in [0.15, 0.2) is 18.2 Å². The van der Waals surface area contributed by atoms with Gasteiger partial charge in [0.1, 0.15) is 11.9 Å². The first kappa shape index (κ1) is 14.5. The van der Waals surface area contributed by atoms with Crippen molar-refractivity contribution in [1.82, 2.24) is 5.32 Å². The maximum absolute atomic E-state index is 13.7. The molecule has 1 atom stereocenters. The van der Waals surface area contributed by atoms with Crippen molar-refractivity contribution in [3.05, 3.63) is 29.6 Å². The van der Waals surface area contributed by atoms with Crippen molar-refractivity contribution in [2.45, 2.75) is 39.2 Å². The molecule has 0 spiro atoms. The van der Waals surface area contributed by atoms with Crippen molar-refractivity contribution in [2.75, 3.05) is 11.4 Å². The van der Waals surface area contributed by atoms with Crippen molar-refractivity contribution in [3.63, 3.8) is 0 Å². The third-order valence-corrected chi connectivity index (χ3v) is 3.51. The van der Waals surface area contributed by atoms with Crippen LogP contribution in [0.5, 0.6) is 0 Å². The number of amides is 2. The molecule has 0 aliphatic carbocycles. The summed E-state index contributed by atoms with van der Waals surface area (Å²) in [6, 6.07) is 4.20. The van der Waals surface area contributed by atoms with Crippen LogP contribution in [-0.4, -0.2) is 24.4 Å². The molecule has 5 heteroatoms. The zero-order chi connectivity index (χ0) is 14.7. The Morgan fingerprint density at radius 1 is 1.40 bits per heavy atom. The number of benzene rings is 1. The van der Waals surface area contributed by atoms with Crippen LogP contribution in [0, 0.1) is 12.7 Å². The van der Waals surface area contributed by atoms with Crippen LogP contribution < -0.4 is 10.2 Å². The molecule has 0 bridgehead atoms. The van der Waals surface area contributed by atoms with Crippen LogP contribution >= 0.6 is 0 Å². The van der Waals surface area contributed by atoms with E-state index in [4.69, 9.17) is 0 Å². The van der Waals surface area contributed by atoms with Crippen molar-refractivity contribution < 1.29 is 14.0 Å². The molecule has 0 radical (unpaired) electrons. The summed E-state index contributed by atoms with van der Waals surface area (Å²) in [6.07, 6.45) is 1.63. The molecule has 0 aromatic heterocycles. The van der Waals surface area contributed by atoms with Gasteiger partial charge in [-0.3, -0.25) is 9.59 Å². The molecule has 1 fully saturated rings. The molecule has 1 aliphatic rings. The molecule has 1 heterocycles. The molecule has 20 heavy (non-hydrogen) atoms. The number of aryl methyl sites for hydroxylation is 1. The number of halogens is 1. The van der Waals surface area contributed by atoms with Crippen molar-refractivity contribution in [1.29, 1.82) is 0 Å². The Kier molecular flexibility index (Phi) is 4.37. The Hall–Kier alpha value is -1.91. The van der Waals surface area contributed by atoms with Gasteiger partial charge < -0.3 is 10.2 Å². The fraction of sp³-hybridized carbons (Fsp3) is 0.467. The number of nitrogens with one attached hydrogen (secondary N) is 1. The summed E-state index contributed by atoms with van der Waals surface area (Å²) in [5.74, 6) is -0.640. The fourth-order valence-corrected chi connectivity index (χ4v) is 2.33. The maximum Gasteiger partial charge on any atom is 0.249 e. The number of carbonyl (C=O) groups excluding carboxylic acids is 2. The van der Waals surface area contributed by atoms with E-state index in [1.165, 1.54) is 11.0 Å². The Labute approximate surface area is 118 Å². The average Bonchev–Trinajstić information content (AvgIpc) is 2.54. The number of nitrogens with zero attached hydrogens (tertiary/aromatic N) is 1. The predicted molar refractivity (Wildman–Crippen MR) is 74.9 cm³/mol. The normalized spacial score (nSPS) is 19.8. The highest BCUT2D eigenvalue weighted by molar-refractivity contribution is 6.01. The van der Waals surface area contributed by atoms with E-state index < -0.39 is 6.04 Å². The Bertz CT molecular complexity index is 531. The Balaban J connectivity index is 2.30. The lowest BCUT2D eigenvalue weighted by Crippen LogP contribution is -2.44. The quantitative estimate of drug-likeness (QED) is 0.921. The smallest absolute Gasteiger partial charge is 0.249 e. The first-order chi connectivity index (χ1) is 9.52. The zero-order valence-corrected chi connectivity index (χ0v) is 11.8. The van der Waals surface area contributed by atoms with E-state index in [-0.39, 0.29) is 30.6 Å². The molecule has 0 saturated carbocycles. The Morgan fingerprint density at radius 3 is 2.80 bits per heavy atom. The van der Waals surface area contributed by atoms with Crippen LogP contribution in [-0.2, 0) is 9.59 Å². The van der Waals surface area contributed by atoms with Crippen LogP contribution in [0.1, 0.15) is 31.7 Å². The Morgan fingerprint density at radius 2 is 2.15 bits per heavy atom. The largest absolute Gasteiger partial charge is 0.344 e. The van der Waals surface area contributed by atoms with Gasteiger partial charge in [0.15, 0.2) is 0 Å². The summed E-state index contributed by atoms with van der Waals surface area (Å²) in [7, 11) is 0. The van der Waals surface area contributed by atoms with Crippen molar-refractivity contribution in [2.24, 2.45) is 0 Å². The third-order valence-electron chi connectivity index (χ3n) is 3.51. The molecule has 1 saturated heterocycles. The highest BCUT2D eigenvalue weighted by Crippen LogP contribution is 2.21. The highest BCUT2D eigenvalue weighted by atomic mass is 19.1. The minimum atomic E-state index is -0.514. The third kappa shape index (κ3) is 2.98. The molecule has 4 nitrogen and oxygen atoms in total. The van der Waals surface area contributed by atoms with Crippen molar-refractivity contribution >= 4 is 17.5 Å². The first-order valence-electron chi connectivity index (χ1n) is 6.89. The monoisotopic (exact) mass is 278 g/mol. The molecule has 1 aliphatic heterocycles. The number of hydrogen-bond donors (Lipinski definition) is 1. The minimum Gasteiger partial charge on any atom is -0.344 e. The van der Waals surface area contributed by atoms with Gasteiger partial charge in [-0.2, -0.15) is 0 Å². The van der Waals surface area contributed by atoms with Crippen LogP contribution in [0.2, 0.25) is 0 Å². The lowest BCUT2D eigenvalue weighted by atomic mass is 10.1. The van der Waals surface area contributed by atoms with Gasteiger partial charge >= 0.3 is 0 Å². The molecule has 2 amide bonds. The van der Waals surface area contributed by atoms with Gasteiger partial charge in [0.25, 0.3) is 0 Å². The van der Waals surface area contributed by atoms with E-state index in [2.05, 4.69) is 5.32 Å². The minimum absolute atomic E-state index is 0.133. The van der Waals surface area contributed by atoms with Gasteiger partial charge in [0.2, 0.25) is 11.8 Å². The molecule has 1 N–H and O–H groups in total. The SMILES string of the molecule is CCCC1NC(=O)CCN(c2ccc(C)c(F)c2)C1=O. The topological polar surface area (TPSA) is 49.4 Å². The van der Waals surface area contributed by atoms with Gasteiger partial charge in [0, 0.05) is 18.7 Å². The maximum atomic E-state index is 13.7. The van der Waals surface area contributed by atoms with Crippen LogP contribution in [0.25, 0.3) is 0 Å². The number of anilines is 1. The van der Waals surface area contributed by atoms with E-state index in [9.17, 15) is 14.0 Å². The summed E-state index contributed by atoms with van der Waals surface area (Å²) in [4.78, 5) is 25.6. The van der Waals surface area contributed by atoms with Gasteiger partial charge in [0.05, 0.1) is 0 Å². The first-order valence-corrected chi connectivity index (χ1v) is 6.89. The van der Waals surface area contributed by atoms with Gasteiger partial charge in [-0.05, 0) is 31.0 Å². The summed E-state index contributed by atoms with van der Waals surface area (Å²) in [5, 5.41) is 2.73. The van der Waals surface area contributed by atoms with Gasteiger partial charge in [-0.15, -0.1) is 0 Å². The molecule has 2 rings (SSSR count). The standard InChI is InChI=1S/C15H19FN2O2/c1-3-4-13-15(20)18(8-7-14(19)17-13)11-6-5-10(2)12(16)9-11/h5-6,9,13H,3-4,7-8H2,1-2H3,(H,17,19). The highest BCUT2D eigenvalue weighted by Gasteiger charge is 2.30. The lowest BCUT2D eigenvalue weighted by molar-refractivity contribution is -0.125. The predicted octanol–water partition coefficient (Wildman–Crippen LogP) is 2.16. The average molecular weight is 278 g/mol. The van der Waals surface area contributed by atoms with E-state index in [1.54, 1.807) is 19.1 Å². The lowest BCUT2D eigenvalue weighted by Gasteiger charge is -2.24. The molecule has 1 aromatic carbocycles. The van der Waals surface area contributed by atoms with Gasteiger partial charge in [-0.1, -0.05) is 19.4 Å². The van der Waals surface area contributed by atoms with Crippen LogP contribution in [0.4, 0.5) is 10.1 Å². The van der Waals surface area contributed by atoms with E-state index in [0.717, 1.165) is 6.42 Å². The summed E-state index contributed by atoms with van der Waals surface area (Å²) >= 11 is 0. The molecular formula is C15H19FN2O2. The molecule has 1 unspecified atom stereocenters. The van der Waals surface area contributed by atoms with E-state index >= 15 is 0 Å². The summed E-state index contributed by atoms with van der Waals surface area (Å²) < 4.78 is 13.7. The molecule has 1 aromatic rings. The summed E-state index contributed by atoms with van der Waals surface area (Å²) in [6.45, 7) is 3.92. The van der Waals surface area contributed by atoms with E-state index in [0.29, 0.717) is 17.7 Å².